The van der Waals surface area contributed by atoms with Crippen LogP contribution >= 0.6 is 0 Å². The molecule has 0 aliphatic heterocycles. The smallest absolute Gasteiger partial charge is 0.313 e. The second kappa shape index (κ2) is 7.27. The van der Waals surface area contributed by atoms with E-state index in [1.165, 1.54) is 0 Å². The fraction of sp³-hybridized carbons (Fsp3) is 0.263. The van der Waals surface area contributed by atoms with E-state index in [-0.39, 0.29) is 6.54 Å². The van der Waals surface area contributed by atoms with E-state index in [4.69, 9.17) is 0 Å². The minimum atomic E-state index is -1.25. The molecule has 2 rings (SSSR count). The molecule has 0 aliphatic rings. The van der Waals surface area contributed by atoms with E-state index in [0.29, 0.717) is 11.3 Å². The van der Waals surface area contributed by atoms with Crippen molar-refractivity contribution in [2.75, 3.05) is 11.9 Å². The van der Waals surface area contributed by atoms with Crippen molar-refractivity contribution >= 4 is 17.5 Å². The number of carbonyl (C=O) groups is 2. The Morgan fingerprint density at radius 3 is 2.17 bits per heavy atom. The maximum atomic E-state index is 12.0. The lowest BCUT2D eigenvalue weighted by atomic mass is 9.96. The highest BCUT2D eigenvalue weighted by Crippen LogP contribution is 2.19. The predicted octanol–water partition coefficient (Wildman–Crippen LogP) is 2.27. The molecule has 0 radical (unpaired) electrons. The molecule has 3 N–H and O–H groups in total. The van der Waals surface area contributed by atoms with E-state index in [0.717, 1.165) is 11.1 Å². The van der Waals surface area contributed by atoms with Crippen molar-refractivity contribution in [1.29, 1.82) is 0 Å². The van der Waals surface area contributed by atoms with Crippen molar-refractivity contribution in [1.82, 2.24) is 5.32 Å². The molecule has 0 bridgehead atoms. The molecule has 126 valence electrons. The van der Waals surface area contributed by atoms with E-state index in [9.17, 15) is 14.7 Å². The van der Waals surface area contributed by atoms with Crippen LogP contribution < -0.4 is 10.6 Å². The number of aryl methyl sites for hydroxylation is 2. The van der Waals surface area contributed by atoms with Gasteiger partial charge in [-0.1, -0.05) is 36.4 Å². The van der Waals surface area contributed by atoms with Gasteiger partial charge in [0.2, 0.25) is 0 Å². The number of benzene rings is 2. The SMILES string of the molecule is Cc1cc(C)cc(NC(=O)C(=O)NCC(C)(O)c2ccccc2)c1. The van der Waals surface area contributed by atoms with E-state index >= 15 is 0 Å². The summed E-state index contributed by atoms with van der Waals surface area (Å²) in [5, 5.41) is 15.5. The number of amides is 2. The molecule has 1 atom stereocenters. The van der Waals surface area contributed by atoms with Gasteiger partial charge in [-0.15, -0.1) is 0 Å². The molecule has 0 aliphatic carbocycles. The van der Waals surface area contributed by atoms with Crippen molar-refractivity contribution in [3.63, 3.8) is 0 Å². The summed E-state index contributed by atoms with van der Waals surface area (Å²) in [6, 6.07) is 14.5. The summed E-state index contributed by atoms with van der Waals surface area (Å²) < 4.78 is 0. The van der Waals surface area contributed by atoms with Crippen LogP contribution in [0.25, 0.3) is 0 Å². The summed E-state index contributed by atoms with van der Waals surface area (Å²) in [6.07, 6.45) is 0. The molecule has 0 heterocycles. The largest absolute Gasteiger partial charge is 0.384 e. The quantitative estimate of drug-likeness (QED) is 0.754. The maximum absolute atomic E-state index is 12.0. The first-order chi connectivity index (χ1) is 11.3. The van der Waals surface area contributed by atoms with Crippen LogP contribution in [0.2, 0.25) is 0 Å². The van der Waals surface area contributed by atoms with Gasteiger partial charge in [-0.3, -0.25) is 9.59 Å². The molecular weight excluding hydrogens is 304 g/mol. The number of nitrogens with one attached hydrogen (secondary N) is 2. The van der Waals surface area contributed by atoms with E-state index in [1.807, 2.05) is 26.0 Å². The average molecular weight is 326 g/mol. The van der Waals surface area contributed by atoms with Gasteiger partial charge in [0.25, 0.3) is 0 Å². The molecular formula is C19H22N2O3. The van der Waals surface area contributed by atoms with Crippen molar-refractivity contribution in [3.05, 3.63) is 65.2 Å². The van der Waals surface area contributed by atoms with Crippen LogP contribution in [0.4, 0.5) is 5.69 Å². The molecule has 2 aromatic carbocycles. The maximum Gasteiger partial charge on any atom is 0.313 e. The van der Waals surface area contributed by atoms with Gasteiger partial charge < -0.3 is 15.7 Å². The third-order valence-electron chi connectivity index (χ3n) is 3.67. The first kappa shape index (κ1) is 17.7. The van der Waals surface area contributed by atoms with Crippen LogP contribution in [0.5, 0.6) is 0 Å². The Bertz CT molecular complexity index is 719. The second-order valence-corrected chi connectivity index (χ2v) is 6.15. The van der Waals surface area contributed by atoms with Gasteiger partial charge in [0.05, 0.1) is 6.54 Å². The van der Waals surface area contributed by atoms with Crippen molar-refractivity contribution in [3.8, 4) is 0 Å². The normalized spacial score (nSPS) is 13.0. The standard InChI is InChI=1S/C19H22N2O3/c1-13-9-14(2)11-16(10-13)21-18(23)17(22)20-12-19(3,24)15-7-5-4-6-8-15/h4-11,24H,12H2,1-3H3,(H,20,22)(H,21,23). The third-order valence-corrected chi connectivity index (χ3v) is 3.67. The average Bonchev–Trinajstić information content (AvgIpc) is 2.52. The van der Waals surface area contributed by atoms with Gasteiger partial charge >= 0.3 is 11.8 Å². The van der Waals surface area contributed by atoms with Crippen LogP contribution in [-0.4, -0.2) is 23.5 Å². The Morgan fingerprint density at radius 1 is 1.00 bits per heavy atom. The number of aliphatic hydroxyl groups is 1. The van der Waals surface area contributed by atoms with Crippen LogP contribution in [0, 0.1) is 13.8 Å². The third kappa shape index (κ3) is 4.67. The molecule has 0 fully saturated rings. The molecule has 2 amide bonds. The van der Waals surface area contributed by atoms with Crippen molar-refractivity contribution < 1.29 is 14.7 Å². The highest BCUT2D eigenvalue weighted by Gasteiger charge is 2.25. The first-order valence-corrected chi connectivity index (χ1v) is 7.73. The topological polar surface area (TPSA) is 78.4 Å². The van der Waals surface area contributed by atoms with Gasteiger partial charge in [0, 0.05) is 5.69 Å². The fourth-order valence-electron chi connectivity index (χ4n) is 2.47. The van der Waals surface area contributed by atoms with Gasteiger partial charge in [-0.2, -0.15) is 0 Å². The number of hydrogen-bond donors (Lipinski definition) is 3. The van der Waals surface area contributed by atoms with Crippen molar-refractivity contribution in [2.24, 2.45) is 0 Å². The van der Waals surface area contributed by atoms with Gasteiger partial charge in [-0.25, -0.2) is 0 Å². The minimum absolute atomic E-state index is 0.0594. The highest BCUT2D eigenvalue weighted by molar-refractivity contribution is 6.39. The van der Waals surface area contributed by atoms with E-state index < -0.39 is 17.4 Å². The first-order valence-electron chi connectivity index (χ1n) is 7.73. The lowest BCUT2D eigenvalue weighted by molar-refractivity contribution is -0.136. The molecule has 2 aromatic rings. The Hall–Kier alpha value is -2.66. The zero-order chi connectivity index (χ0) is 17.7. The van der Waals surface area contributed by atoms with Crippen LogP contribution in [0.3, 0.4) is 0 Å². The number of rotatable bonds is 4. The molecule has 5 heteroatoms. The fourth-order valence-corrected chi connectivity index (χ4v) is 2.47. The van der Waals surface area contributed by atoms with Crippen LogP contribution in [-0.2, 0) is 15.2 Å². The van der Waals surface area contributed by atoms with Gasteiger partial charge in [-0.05, 0) is 49.6 Å². The molecule has 1 unspecified atom stereocenters. The summed E-state index contributed by atoms with van der Waals surface area (Å²) in [7, 11) is 0. The number of hydrogen-bond acceptors (Lipinski definition) is 3. The predicted molar refractivity (Wildman–Crippen MR) is 93.6 cm³/mol. The van der Waals surface area contributed by atoms with E-state index in [1.54, 1.807) is 43.3 Å². The van der Waals surface area contributed by atoms with Gasteiger partial charge in [0.15, 0.2) is 0 Å². The summed E-state index contributed by atoms with van der Waals surface area (Å²) in [6.45, 7) is 5.36. The summed E-state index contributed by atoms with van der Waals surface area (Å²) in [4.78, 5) is 23.9. The molecule has 0 aromatic heterocycles. The summed E-state index contributed by atoms with van der Waals surface area (Å²) in [5.74, 6) is -1.55. The summed E-state index contributed by atoms with van der Waals surface area (Å²) in [5.41, 5.74) is 1.98. The zero-order valence-corrected chi connectivity index (χ0v) is 14.1. The Morgan fingerprint density at radius 2 is 1.58 bits per heavy atom. The molecule has 0 saturated heterocycles. The molecule has 0 saturated carbocycles. The zero-order valence-electron chi connectivity index (χ0n) is 14.1. The number of anilines is 1. The van der Waals surface area contributed by atoms with Crippen molar-refractivity contribution in [2.45, 2.75) is 26.4 Å². The Labute approximate surface area is 141 Å². The lowest BCUT2D eigenvalue weighted by Crippen LogP contribution is -2.43. The Balaban J connectivity index is 1.95. The lowest BCUT2D eigenvalue weighted by Gasteiger charge is -2.24. The Kier molecular flexibility index (Phi) is 5.36. The summed E-state index contributed by atoms with van der Waals surface area (Å²) >= 11 is 0. The number of carbonyl (C=O) groups excluding carboxylic acids is 2. The minimum Gasteiger partial charge on any atom is -0.384 e. The molecule has 0 spiro atoms. The van der Waals surface area contributed by atoms with Crippen LogP contribution in [0.1, 0.15) is 23.6 Å². The van der Waals surface area contributed by atoms with E-state index in [2.05, 4.69) is 10.6 Å². The monoisotopic (exact) mass is 326 g/mol. The molecule has 5 nitrogen and oxygen atoms in total. The highest BCUT2D eigenvalue weighted by atomic mass is 16.3. The van der Waals surface area contributed by atoms with Crippen LogP contribution in [0.15, 0.2) is 48.5 Å². The second-order valence-electron chi connectivity index (χ2n) is 6.15. The molecule has 24 heavy (non-hydrogen) atoms. The van der Waals surface area contributed by atoms with Gasteiger partial charge in [0.1, 0.15) is 5.60 Å².